The third-order valence-corrected chi connectivity index (χ3v) is 0. The molecule has 32 valence electrons. The van der Waals surface area contributed by atoms with Gasteiger partial charge in [-0.3, -0.25) is 0 Å². The van der Waals surface area contributed by atoms with Gasteiger partial charge in [0.2, 0.25) is 0 Å². The second-order valence-electron chi connectivity index (χ2n) is 0.266. The van der Waals surface area contributed by atoms with Gasteiger partial charge in [0.1, 0.15) is 0 Å². The molecule has 0 aromatic rings. The van der Waals surface area contributed by atoms with Crippen LogP contribution in [0.5, 0.6) is 0 Å². The van der Waals surface area contributed by atoms with E-state index in [9.17, 15) is 0 Å². The Balaban J connectivity index is -0.0000000450. The fourth-order valence-corrected chi connectivity index (χ4v) is 0. The molecular formula is HO4PrTi. The average Bonchev–Trinajstić information content (AvgIpc) is 0.811. The third kappa shape index (κ3) is 42.2. The maximum absolute atomic E-state index is 8.69. The molecule has 0 unspecified atom stereocenters. The smallest absolute Gasteiger partial charge is 3.00 e. The maximum Gasteiger partial charge on any atom is 3.00 e. The summed E-state index contributed by atoms with van der Waals surface area (Å²) >= 11 is -3.83. The SMILES string of the molecule is [O-2].[O]=[Ti]([O-])[OH].[Pr+3]. The van der Waals surface area contributed by atoms with Crippen molar-refractivity contribution >= 4 is 0 Å². The number of hydrogen-bond acceptors (Lipinski definition) is 2. The van der Waals surface area contributed by atoms with Crippen molar-refractivity contribution in [2.75, 3.05) is 0 Å². The first kappa shape index (κ1) is 15.7. The van der Waals surface area contributed by atoms with E-state index in [1.807, 2.05) is 0 Å². The van der Waals surface area contributed by atoms with E-state index < -0.39 is 18.6 Å². The molecule has 0 fully saturated rings. The fraction of sp³-hybridized carbons (Fsp3) is 0. The van der Waals surface area contributed by atoms with E-state index in [4.69, 9.17) is 10.7 Å². The van der Waals surface area contributed by atoms with E-state index in [1.165, 1.54) is 0 Å². The first-order valence-corrected chi connectivity index (χ1v) is 2.61. The van der Waals surface area contributed by atoms with Gasteiger partial charge in [0.15, 0.2) is 0 Å². The summed E-state index contributed by atoms with van der Waals surface area (Å²) in [6, 6.07) is 0. The van der Waals surface area contributed by atoms with E-state index in [1.54, 1.807) is 0 Å². The van der Waals surface area contributed by atoms with Crippen LogP contribution >= 0.6 is 0 Å². The molecule has 0 amide bonds. The van der Waals surface area contributed by atoms with Crippen LogP contribution in [0.2, 0.25) is 0 Å². The molecule has 6 heavy (non-hydrogen) atoms. The second-order valence-corrected chi connectivity index (χ2v) is 1.10. The van der Waals surface area contributed by atoms with Crippen molar-refractivity contribution in [3.8, 4) is 0 Å². The van der Waals surface area contributed by atoms with Crippen molar-refractivity contribution in [3.05, 3.63) is 0 Å². The number of rotatable bonds is 0. The Labute approximate surface area is 74.9 Å². The molecule has 0 atom stereocenters. The Morgan fingerprint density at radius 1 is 1.67 bits per heavy atom. The molecule has 0 aliphatic rings. The summed E-state index contributed by atoms with van der Waals surface area (Å²) < 4.78 is 24.5. The van der Waals surface area contributed by atoms with Crippen molar-refractivity contribution in [1.82, 2.24) is 0 Å². The Hall–Kier alpha value is 1.76. The molecule has 0 radical (unpaired) electrons. The maximum atomic E-state index is 8.69. The van der Waals surface area contributed by atoms with Gasteiger partial charge < -0.3 is 5.48 Å². The topological polar surface area (TPSA) is 88.9 Å². The quantitative estimate of drug-likeness (QED) is 0.507. The van der Waals surface area contributed by atoms with Gasteiger partial charge in [-0.1, -0.05) is 0 Å². The molecular weight excluding hydrogens is 253 g/mol. The molecule has 0 aliphatic carbocycles. The summed E-state index contributed by atoms with van der Waals surface area (Å²) in [6.45, 7) is 0. The standard InChI is InChI=1S/H2O.3O.Pr.Ti/h1H2;;;;;/q;;-2;-1;+3;+1/p-1. The minimum atomic E-state index is -3.83. The van der Waals surface area contributed by atoms with Crippen LogP contribution in [0.15, 0.2) is 0 Å². The molecule has 1 N–H and O–H groups in total. The summed E-state index contributed by atoms with van der Waals surface area (Å²) in [5, 5.41) is 0. The van der Waals surface area contributed by atoms with Crippen LogP contribution in [0.25, 0.3) is 0 Å². The van der Waals surface area contributed by atoms with Crippen molar-refractivity contribution in [2.24, 2.45) is 0 Å². The minimum absolute atomic E-state index is 0. The summed E-state index contributed by atoms with van der Waals surface area (Å²) in [6.07, 6.45) is 0. The zero-order valence-corrected chi connectivity index (χ0v) is 8.02. The summed E-state index contributed by atoms with van der Waals surface area (Å²) in [7, 11) is 0. The zero-order valence-electron chi connectivity index (χ0n) is 2.75. The van der Waals surface area contributed by atoms with Gasteiger partial charge in [-0.25, -0.2) is 0 Å². The van der Waals surface area contributed by atoms with Gasteiger partial charge in [0.05, 0.1) is 0 Å². The predicted octanol–water partition coefficient (Wildman–Crippen LogP) is -1.99. The van der Waals surface area contributed by atoms with Gasteiger partial charge in [-0.2, -0.15) is 0 Å². The van der Waals surface area contributed by atoms with Crippen molar-refractivity contribution < 1.29 is 76.1 Å². The molecule has 0 heterocycles. The molecule has 0 bridgehead atoms. The molecule has 0 rings (SSSR count). The van der Waals surface area contributed by atoms with Crippen LogP contribution in [-0.4, -0.2) is 3.69 Å². The normalized spacial score (nSPS) is 4.33. The van der Waals surface area contributed by atoms with Crippen molar-refractivity contribution in [3.63, 3.8) is 0 Å². The van der Waals surface area contributed by atoms with Gasteiger partial charge in [0.25, 0.3) is 0 Å². The van der Waals surface area contributed by atoms with Crippen LogP contribution in [0.1, 0.15) is 0 Å². The molecule has 4 nitrogen and oxygen atoms in total. The van der Waals surface area contributed by atoms with Crippen LogP contribution in [-0.2, 0) is 27.4 Å². The Bertz CT molecular complexity index is 30.5. The fourth-order valence-electron chi connectivity index (χ4n) is 0. The van der Waals surface area contributed by atoms with Gasteiger partial charge >= 0.3 is 70.6 Å². The van der Waals surface area contributed by atoms with Crippen LogP contribution in [0, 0.1) is 41.3 Å². The van der Waals surface area contributed by atoms with E-state index in [0.29, 0.717) is 0 Å². The Morgan fingerprint density at radius 2 is 1.67 bits per heavy atom. The molecule has 0 spiro atoms. The largest absolute Gasteiger partial charge is 3.00 e. The molecule has 0 saturated heterocycles. The van der Waals surface area contributed by atoms with Gasteiger partial charge in [-0.05, 0) is 0 Å². The monoisotopic (exact) mass is 254 g/mol. The molecule has 0 aliphatic heterocycles. The summed E-state index contributed by atoms with van der Waals surface area (Å²) in [4.78, 5) is 0. The molecule has 0 aromatic carbocycles. The predicted molar refractivity (Wildman–Crippen MR) is 3.59 cm³/mol. The molecule has 0 saturated carbocycles. The first-order valence-electron chi connectivity index (χ1n) is 0.632. The minimum Gasteiger partial charge on any atom is 3.00 e. The van der Waals surface area contributed by atoms with E-state index in [2.05, 4.69) is 0 Å². The zero-order chi connectivity index (χ0) is 3.58. The van der Waals surface area contributed by atoms with E-state index >= 15 is 0 Å². The third-order valence-electron chi connectivity index (χ3n) is 0. The molecule has 6 heteroatoms. The van der Waals surface area contributed by atoms with Crippen molar-refractivity contribution in [2.45, 2.75) is 0 Å². The van der Waals surface area contributed by atoms with E-state index in [-0.39, 0.29) is 46.8 Å². The summed E-state index contributed by atoms with van der Waals surface area (Å²) in [5.41, 5.74) is 0. The van der Waals surface area contributed by atoms with Gasteiger partial charge in [0, 0.05) is 0 Å². The van der Waals surface area contributed by atoms with E-state index in [0.717, 1.165) is 0 Å². The summed E-state index contributed by atoms with van der Waals surface area (Å²) in [5.74, 6) is 0. The first-order chi connectivity index (χ1) is 1.73. The van der Waals surface area contributed by atoms with Crippen LogP contribution in [0.4, 0.5) is 0 Å². The van der Waals surface area contributed by atoms with Gasteiger partial charge in [-0.15, -0.1) is 0 Å². The second kappa shape index (κ2) is 9.90. The van der Waals surface area contributed by atoms with Crippen LogP contribution < -0.4 is 3.69 Å². The Kier molecular flexibility index (Phi) is 25.8. The average molecular weight is 254 g/mol. The Morgan fingerprint density at radius 3 is 1.67 bits per heavy atom. The van der Waals surface area contributed by atoms with Crippen LogP contribution in [0.3, 0.4) is 0 Å². The van der Waals surface area contributed by atoms with Crippen molar-refractivity contribution in [1.29, 1.82) is 0 Å². The number of hydrogen-bond donors (Lipinski definition) is 1. The molecule has 0 aromatic heterocycles.